The molecule has 9 heteroatoms. The molecule has 3 atom stereocenters. The fourth-order valence-corrected chi connectivity index (χ4v) is 4.62. The van der Waals surface area contributed by atoms with E-state index in [9.17, 15) is 19.2 Å². The first-order chi connectivity index (χ1) is 15.7. The number of likely N-dealkylation sites (tertiary alicyclic amines) is 2. The van der Waals surface area contributed by atoms with Gasteiger partial charge in [0, 0.05) is 12.7 Å². The minimum Gasteiger partial charge on any atom is -0.472 e. The molecule has 2 fully saturated rings. The molecule has 0 aromatic carbocycles. The number of Topliss-reactive ketones (excluding diaryl/α,β-unsaturated/α-hetero) is 1. The number of nitrogens with zero attached hydrogens (tertiary/aromatic N) is 3. The molecule has 0 saturated carbocycles. The predicted octanol–water partition coefficient (Wildman–Crippen LogP) is 1.90. The Balaban J connectivity index is 1.53. The summed E-state index contributed by atoms with van der Waals surface area (Å²) in [5.41, 5.74) is 0.350. The predicted molar refractivity (Wildman–Crippen MR) is 118 cm³/mol. The Bertz CT molecular complexity index is 1040. The van der Waals surface area contributed by atoms with E-state index >= 15 is 0 Å². The van der Waals surface area contributed by atoms with E-state index < -0.39 is 24.0 Å². The average molecular weight is 453 g/mol. The maximum atomic E-state index is 13.6. The number of rotatable bonds is 5. The largest absolute Gasteiger partial charge is 0.472 e. The molecule has 1 N–H and O–H groups in total. The van der Waals surface area contributed by atoms with E-state index in [-0.39, 0.29) is 35.3 Å². The topological polar surface area (TPSA) is 113 Å². The standard InChI is InChI=1S/C24H28N4O5/c1-24(2,3)12-17(26-21(30)15-8-11-33-14-15)23(32)27-10-7-18-20(27)19(29)13-28(18)22(31)16-6-4-5-9-25-16/h4-6,8-9,11,14,17-18,20H,7,10,12-13H2,1-3H3,(H,26,30). The molecule has 0 spiro atoms. The third-order valence-electron chi connectivity index (χ3n) is 6.05. The van der Waals surface area contributed by atoms with Gasteiger partial charge in [-0.25, -0.2) is 0 Å². The van der Waals surface area contributed by atoms with E-state index in [2.05, 4.69) is 10.3 Å². The molecule has 4 rings (SSSR count). The Morgan fingerprint density at radius 1 is 1.21 bits per heavy atom. The summed E-state index contributed by atoms with van der Waals surface area (Å²) in [6, 6.07) is 4.68. The third-order valence-corrected chi connectivity index (χ3v) is 6.05. The van der Waals surface area contributed by atoms with Crippen LogP contribution in [0.25, 0.3) is 0 Å². The monoisotopic (exact) mass is 452 g/mol. The van der Waals surface area contributed by atoms with Crippen molar-refractivity contribution in [1.29, 1.82) is 0 Å². The molecular formula is C24H28N4O5. The lowest BCUT2D eigenvalue weighted by molar-refractivity contribution is -0.138. The van der Waals surface area contributed by atoms with E-state index in [0.29, 0.717) is 24.9 Å². The van der Waals surface area contributed by atoms with Crippen LogP contribution in [0.2, 0.25) is 0 Å². The molecule has 3 unspecified atom stereocenters. The molecule has 0 aliphatic carbocycles. The summed E-state index contributed by atoms with van der Waals surface area (Å²) in [4.78, 5) is 59.3. The summed E-state index contributed by atoms with van der Waals surface area (Å²) in [6.07, 6.45) is 5.14. The highest BCUT2D eigenvalue weighted by Crippen LogP contribution is 2.32. The summed E-state index contributed by atoms with van der Waals surface area (Å²) in [5, 5.41) is 2.82. The molecule has 2 aliphatic rings. The van der Waals surface area contributed by atoms with Crippen LogP contribution in [0.15, 0.2) is 47.4 Å². The number of aromatic nitrogens is 1. The maximum absolute atomic E-state index is 13.6. The second kappa shape index (κ2) is 8.80. The molecule has 2 saturated heterocycles. The van der Waals surface area contributed by atoms with Crippen molar-refractivity contribution in [2.45, 2.75) is 51.7 Å². The SMILES string of the molecule is CC(C)(C)CC(NC(=O)c1ccoc1)C(=O)N1CCC2C1C(=O)CN2C(=O)c1ccccn1. The number of hydrogen-bond donors (Lipinski definition) is 1. The maximum Gasteiger partial charge on any atom is 0.273 e. The highest BCUT2D eigenvalue weighted by atomic mass is 16.3. The van der Waals surface area contributed by atoms with Crippen LogP contribution in [0.3, 0.4) is 0 Å². The Morgan fingerprint density at radius 2 is 2.00 bits per heavy atom. The third kappa shape index (κ3) is 4.67. The lowest BCUT2D eigenvalue weighted by Gasteiger charge is -2.31. The number of amides is 3. The summed E-state index contributed by atoms with van der Waals surface area (Å²) < 4.78 is 4.98. The zero-order chi connectivity index (χ0) is 23.8. The van der Waals surface area contributed by atoms with Crippen LogP contribution in [-0.4, -0.2) is 69.5 Å². The Morgan fingerprint density at radius 3 is 2.64 bits per heavy atom. The van der Waals surface area contributed by atoms with Crippen LogP contribution in [0.5, 0.6) is 0 Å². The van der Waals surface area contributed by atoms with Crippen molar-refractivity contribution >= 4 is 23.5 Å². The van der Waals surface area contributed by atoms with E-state index in [1.807, 2.05) is 20.8 Å². The summed E-state index contributed by atoms with van der Waals surface area (Å²) in [7, 11) is 0. The normalized spacial score (nSPS) is 21.1. The van der Waals surface area contributed by atoms with Crippen LogP contribution < -0.4 is 5.32 Å². The molecule has 33 heavy (non-hydrogen) atoms. The summed E-state index contributed by atoms with van der Waals surface area (Å²) >= 11 is 0. The molecule has 9 nitrogen and oxygen atoms in total. The Labute approximate surface area is 192 Å². The molecular weight excluding hydrogens is 424 g/mol. The minimum absolute atomic E-state index is 0.0557. The van der Waals surface area contributed by atoms with Crippen molar-refractivity contribution in [2.75, 3.05) is 13.1 Å². The fourth-order valence-electron chi connectivity index (χ4n) is 4.62. The van der Waals surface area contributed by atoms with E-state index in [4.69, 9.17) is 4.42 Å². The van der Waals surface area contributed by atoms with Crippen molar-refractivity contribution in [3.8, 4) is 0 Å². The van der Waals surface area contributed by atoms with Crippen LogP contribution in [-0.2, 0) is 9.59 Å². The zero-order valence-electron chi connectivity index (χ0n) is 19.0. The van der Waals surface area contributed by atoms with Gasteiger partial charge < -0.3 is 19.5 Å². The molecule has 2 aromatic rings. The number of fused-ring (bicyclic) bond motifs is 1. The molecule has 4 heterocycles. The Hall–Kier alpha value is -3.49. The van der Waals surface area contributed by atoms with Crippen LogP contribution in [0, 0.1) is 5.41 Å². The number of carbonyl (C=O) groups is 4. The number of hydrogen-bond acceptors (Lipinski definition) is 6. The quantitative estimate of drug-likeness (QED) is 0.742. The number of nitrogens with one attached hydrogen (secondary N) is 1. The van der Waals surface area contributed by atoms with Gasteiger partial charge in [-0.3, -0.25) is 24.2 Å². The smallest absolute Gasteiger partial charge is 0.273 e. The number of pyridine rings is 1. The summed E-state index contributed by atoms with van der Waals surface area (Å²) in [6.45, 7) is 6.24. The van der Waals surface area contributed by atoms with Crippen molar-refractivity contribution < 1.29 is 23.6 Å². The second-order valence-corrected chi connectivity index (χ2v) is 9.75. The Kier molecular flexibility index (Phi) is 6.05. The van der Waals surface area contributed by atoms with Crippen LogP contribution >= 0.6 is 0 Å². The average Bonchev–Trinajstić information content (AvgIpc) is 3.51. The molecule has 3 amide bonds. The van der Waals surface area contributed by atoms with E-state index in [1.165, 1.54) is 34.6 Å². The van der Waals surface area contributed by atoms with Crippen LogP contribution in [0.4, 0.5) is 0 Å². The highest BCUT2D eigenvalue weighted by Gasteiger charge is 2.52. The number of carbonyl (C=O) groups excluding carboxylic acids is 4. The first-order valence-corrected chi connectivity index (χ1v) is 11.0. The van der Waals surface area contributed by atoms with Gasteiger partial charge in [0.05, 0.1) is 24.4 Å². The molecule has 2 aromatic heterocycles. The number of furan rings is 1. The van der Waals surface area contributed by atoms with Gasteiger partial charge in [0.15, 0.2) is 5.78 Å². The molecule has 2 aliphatic heterocycles. The number of ketones is 1. The minimum atomic E-state index is -0.806. The van der Waals surface area contributed by atoms with Gasteiger partial charge in [0.2, 0.25) is 5.91 Å². The van der Waals surface area contributed by atoms with Gasteiger partial charge in [-0.15, -0.1) is 0 Å². The first kappa shape index (κ1) is 22.7. The molecule has 174 valence electrons. The van der Waals surface area contributed by atoms with Gasteiger partial charge in [-0.2, -0.15) is 0 Å². The van der Waals surface area contributed by atoms with E-state index in [1.54, 1.807) is 18.2 Å². The van der Waals surface area contributed by atoms with E-state index in [0.717, 1.165) is 0 Å². The van der Waals surface area contributed by atoms with Gasteiger partial charge in [0.25, 0.3) is 11.8 Å². The fraction of sp³-hybridized carbons (Fsp3) is 0.458. The van der Waals surface area contributed by atoms with Crippen molar-refractivity contribution in [1.82, 2.24) is 20.1 Å². The molecule has 0 radical (unpaired) electrons. The second-order valence-electron chi connectivity index (χ2n) is 9.75. The zero-order valence-corrected chi connectivity index (χ0v) is 19.0. The van der Waals surface area contributed by atoms with Crippen molar-refractivity contribution in [3.63, 3.8) is 0 Å². The van der Waals surface area contributed by atoms with Gasteiger partial charge >= 0.3 is 0 Å². The lowest BCUT2D eigenvalue weighted by atomic mass is 9.87. The lowest BCUT2D eigenvalue weighted by Crippen LogP contribution is -2.53. The van der Waals surface area contributed by atoms with Gasteiger partial charge in [-0.05, 0) is 36.5 Å². The highest BCUT2D eigenvalue weighted by molar-refractivity contribution is 6.03. The van der Waals surface area contributed by atoms with Crippen molar-refractivity contribution in [2.24, 2.45) is 5.41 Å². The molecule has 0 bridgehead atoms. The van der Waals surface area contributed by atoms with Crippen LogP contribution in [0.1, 0.15) is 54.5 Å². The van der Waals surface area contributed by atoms with Gasteiger partial charge in [-0.1, -0.05) is 26.8 Å². The van der Waals surface area contributed by atoms with Gasteiger partial charge in [0.1, 0.15) is 24.0 Å². The van der Waals surface area contributed by atoms with Crippen molar-refractivity contribution in [3.05, 3.63) is 54.2 Å². The summed E-state index contributed by atoms with van der Waals surface area (Å²) in [5.74, 6) is -1.21. The first-order valence-electron chi connectivity index (χ1n) is 11.0.